The van der Waals surface area contributed by atoms with E-state index < -0.39 is 0 Å². The Kier molecular flexibility index (Phi) is 6.50. The summed E-state index contributed by atoms with van der Waals surface area (Å²) in [5.41, 5.74) is 2.30. The van der Waals surface area contributed by atoms with Gasteiger partial charge >= 0.3 is 6.03 Å². The van der Waals surface area contributed by atoms with Crippen LogP contribution in [0.1, 0.15) is 40.6 Å². The van der Waals surface area contributed by atoms with Crippen LogP contribution in [-0.4, -0.2) is 36.5 Å². The second-order valence-corrected chi connectivity index (χ2v) is 8.25. The van der Waals surface area contributed by atoms with E-state index in [0.29, 0.717) is 18.0 Å². The molecule has 2 N–H and O–H groups in total. The summed E-state index contributed by atoms with van der Waals surface area (Å²) < 4.78 is 0. The third kappa shape index (κ3) is 5.32. The Balaban J connectivity index is 1.53. The highest BCUT2D eigenvalue weighted by Gasteiger charge is 2.21. The normalized spacial score (nSPS) is 14.8. The van der Waals surface area contributed by atoms with Gasteiger partial charge in [-0.25, -0.2) is 4.79 Å². The smallest absolute Gasteiger partial charge is 0.319 e. The zero-order chi connectivity index (χ0) is 19.2. The number of hydrogen-bond donors (Lipinski definition) is 2. The first-order chi connectivity index (χ1) is 13.0. The third-order valence-electron chi connectivity index (χ3n) is 5.03. The molecule has 3 rings (SSSR count). The van der Waals surface area contributed by atoms with E-state index in [4.69, 9.17) is 0 Å². The molecule has 0 unspecified atom stereocenters. The molecule has 1 aromatic carbocycles. The molecule has 2 heterocycles. The number of amides is 3. The summed E-state index contributed by atoms with van der Waals surface area (Å²) in [4.78, 5) is 28.0. The first-order valence-electron chi connectivity index (χ1n) is 9.50. The van der Waals surface area contributed by atoms with Gasteiger partial charge in [-0.15, -0.1) is 11.3 Å². The number of carbonyl (C=O) groups excluding carboxylic acids is 2. The number of aryl methyl sites for hydroxylation is 1. The molecule has 0 saturated carbocycles. The lowest BCUT2D eigenvalue weighted by molar-refractivity contribution is 0.0697. The number of thiophene rings is 1. The predicted octanol–water partition coefficient (Wildman–Crippen LogP) is 4.29. The summed E-state index contributed by atoms with van der Waals surface area (Å²) in [7, 11) is 0. The van der Waals surface area contributed by atoms with E-state index in [0.717, 1.165) is 43.6 Å². The largest absolute Gasteiger partial charge is 0.339 e. The third-order valence-corrected chi connectivity index (χ3v) is 5.97. The van der Waals surface area contributed by atoms with Crippen molar-refractivity contribution >= 4 is 29.0 Å². The maximum absolute atomic E-state index is 12.7. The maximum Gasteiger partial charge on any atom is 0.319 e. The Morgan fingerprint density at radius 3 is 2.67 bits per heavy atom. The van der Waals surface area contributed by atoms with Crippen molar-refractivity contribution in [1.82, 2.24) is 10.2 Å². The molecule has 1 aliphatic heterocycles. The quantitative estimate of drug-likeness (QED) is 0.806. The van der Waals surface area contributed by atoms with Gasteiger partial charge in [-0.2, -0.15) is 0 Å². The number of nitrogens with one attached hydrogen (secondary N) is 2. The number of carbonyl (C=O) groups is 2. The Labute approximate surface area is 164 Å². The number of anilines is 1. The van der Waals surface area contributed by atoms with E-state index in [9.17, 15) is 9.59 Å². The number of urea groups is 1. The fourth-order valence-electron chi connectivity index (χ4n) is 3.25. The van der Waals surface area contributed by atoms with Gasteiger partial charge in [-0.1, -0.05) is 13.0 Å². The molecule has 1 aromatic heterocycles. The molecule has 0 aliphatic carbocycles. The first-order valence-corrected chi connectivity index (χ1v) is 10.4. The maximum atomic E-state index is 12.7. The molecule has 2 aromatic rings. The van der Waals surface area contributed by atoms with Crippen LogP contribution in [0.4, 0.5) is 10.5 Å². The number of rotatable bonds is 5. The minimum absolute atomic E-state index is 0.0805. The summed E-state index contributed by atoms with van der Waals surface area (Å²) in [5.74, 6) is 0.776. The van der Waals surface area contributed by atoms with Gasteiger partial charge in [0.05, 0.1) is 0 Å². The first kappa shape index (κ1) is 19.4. The van der Waals surface area contributed by atoms with Crippen LogP contribution in [0.15, 0.2) is 35.7 Å². The van der Waals surface area contributed by atoms with Crippen LogP contribution in [0.3, 0.4) is 0 Å². The van der Waals surface area contributed by atoms with E-state index in [2.05, 4.69) is 23.6 Å². The SMILES string of the molecule is Cc1cc(C(=O)N2CCC(C)CC2)ccc1NC(=O)NCCc1cccs1. The van der Waals surface area contributed by atoms with Crippen molar-refractivity contribution in [3.05, 3.63) is 51.7 Å². The fraction of sp³-hybridized carbons (Fsp3) is 0.429. The lowest BCUT2D eigenvalue weighted by Crippen LogP contribution is -2.38. The van der Waals surface area contributed by atoms with Gasteiger partial charge in [0.2, 0.25) is 0 Å². The second-order valence-electron chi connectivity index (χ2n) is 7.21. The highest BCUT2D eigenvalue weighted by Crippen LogP contribution is 2.21. The van der Waals surface area contributed by atoms with Crippen molar-refractivity contribution in [3.63, 3.8) is 0 Å². The number of nitrogens with zero attached hydrogens (tertiary/aromatic N) is 1. The Bertz CT molecular complexity index is 781. The van der Waals surface area contributed by atoms with E-state index in [1.54, 1.807) is 17.4 Å². The lowest BCUT2D eigenvalue weighted by atomic mass is 9.98. The van der Waals surface area contributed by atoms with Crippen LogP contribution in [0.5, 0.6) is 0 Å². The molecule has 1 saturated heterocycles. The van der Waals surface area contributed by atoms with Crippen molar-refractivity contribution in [3.8, 4) is 0 Å². The van der Waals surface area contributed by atoms with Crippen molar-refractivity contribution in [2.24, 2.45) is 5.92 Å². The van der Waals surface area contributed by atoms with Crippen LogP contribution < -0.4 is 10.6 Å². The minimum atomic E-state index is -0.223. The molecular weight excluding hydrogens is 358 g/mol. The molecule has 0 bridgehead atoms. The average Bonchev–Trinajstić information content (AvgIpc) is 3.17. The molecule has 144 valence electrons. The van der Waals surface area contributed by atoms with Crippen LogP contribution in [0, 0.1) is 12.8 Å². The van der Waals surface area contributed by atoms with Crippen molar-refractivity contribution in [2.75, 3.05) is 25.0 Å². The number of piperidine rings is 1. The summed E-state index contributed by atoms with van der Waals surface area (Å²) >= 11 is 1.69. The Morgan fingerprint density at radius 2 is 2.00 bits per heavy atom. The van der Waals surface area contributed by atoms with Gasteiger partial charge in [0.25, 0.3) is 5.91 Å². The highest BCUT2D eigenvalue weighted by atomic mass is 32.1. The van der Waals surface area contributed by atoms with Crippen LogP contribution >= 0.6 is 11.3 Å². The van der Waals surface area contributed by atoms with Gasteiger partial charge < -0.3 is 15.5 Å². The second kappa shape index (κ2) is 9.04. The van der Waals surface area contributed by atoms with Crippen molar-refractivity contribution < 1.29 is 9.59 Å². The monoisotopic (exact) mass is 385 g/mol. The Morgan fingerprint density at radius 1 is 1.22 bits per heavy atom. The predicted molar refractivity (Wildman–Crippen MR) is 111 cm³/mol. The minimum Gasteiger partial charge on any atom is -0.339 e. The van der Waals surface area contributed by atoms with Crippen molar-refractivity contribution in [2.45, 2.75) is 33.1 Å². The number of likely N-dealkylation sites (tertiary alicyclic amines) is 1. The number of hydrogen-bond acceptors (Lipinski definition) is 3. The molecule has 5 nitrogen and oxygen atoms in total. The molecule has 0 atom stereocenters. The number of benzene rings is 1. The zero-order valence-electron chi connectivity index (χ0n) is 16.0. The zero-order valence-corrected chi connectivity index (χ0v) is 16.8. The van der Waals surface area contributed by atoms with Crippen molar-refractivity contribution in [1.29, 1.82) is 0 Å². The summed E-state index contributed by atoms with van der Waals surface area (Å²) in [6.07, 6.45) is 2.96. The van der Waals surface area contributed by atoms with Gasteiger partial charge in [0.15, 0.2) is 0 Å². The van der Waals surface area contributed by atoms with Crippen LogP contribution in [0.2, 0.25) is 0 Å². The van der Waals surface area contributed by atoms with Gasteiger partial charge in [0, 0.05) is 35.8 Å². The van der Waals surface area contributed by atoms with E-state index in [1.807, 2.05) is 35.4 Å². The summed E-state index contributed by atoms with van der Waals surface area (Å²) in [6.45, 7) is 6.39. The standard InChI is InChI=1S/C21H27N3O2S/c1-15-8-11-24(12-9-15)20(25)17-5-6-19(16(2)14-17)23-21(26)22-10-7-18-4-3-13-27-18/h3-6,13-15H,7-12H2,1-2H3,(H2,22,23,26). The molecule has 0 spiro atoms. The molecule has 1 fully saturated rings. The molecular formula is C21H27N3O2S. The molecule has 3 amide bonds. The van der Waals surface area contributed by atoms with Gasteiger partial charge in [-0.05, 0) is 67.3 Å². The van der Waals surface area contributed by atoms with Crippen LogP contribution in [0.25, 0.3) is 0 Å². The van der Waals surface area contributed by atoms with Crippen LogP contribution in [-0.2, 0) is 6.42 Å². The molecule has 1 aliphatic rings. The molecule has 27 heavy (non-hydrogen) atoms. The van der Waals surface area contributed by atoms with Gasteiger partial charge in [-0.3, -0.25) is 4.79 Å². The molecule has 6 heteroatoms. The van der Waals surface area contributed by atoms with E-state index in [-0.39, 0.29) is 11.9 Å². The topological polar surface area (TPSA) is 61.4 Å². The highest BCUT2D eigenvalue weighted by molar-refractivity contribution is 7.09. The average molecular weight is 386 g/mol. The Hall–Kier alpha value is -2.34. The van der Waals surface area contributed by atoms with Gasteiger partial charge in [0.1, 0.15) is 0 Å². The van der Waals surface area contributed by atoms with E-state index in [1.165, 1.54) is 4.88 Å². The summed E-state index contributed by atoms with van der Waals surface area (Å²) in [5, 5.41) is 7.78. The summed E-state index contributed by atoms with van der Waals surface area (Å²) in [6, 6.07) is 9.33. The molecule has 0 radical (unpaired) electrons. The fourth-order valence-corrected chi connectivity index (χ4v) is 3.96. The van der Waals surface area contributed by atoms with E-state index >= 15 is 0 Å². The lowest BCUT2D eigenvalue weighted by Gasteiger charge is -2.30.